The van der Waals surface area contributed by atoms with Crippen LogP contribution in [0.5, 0.6) is 0 Å². The maximum absolute atomic E-state index is 5.12. The zero-order chi connectivity index (χ0) is 41.0. The van der Waals surface area contributed by atoms with Gasteiger partial charge in [0.1, 0.15) is 0 Å². The zero-order valence-electron chi connectivity index (χ0n) is 33.7. The highest BCUT2D eigenvalue weighted by atomic mass is 15.0. The first-order valence-corrected chi connectivity index (χ1v) is 21.1. The maximum atomic E-state index is 5.12. The molecule has 0 saturated carbocycles. The largest absolute Gasteiger partial charge is 0.309 e. The first kappa shape index (κ1) is 35.6. The molecule has 0 saturated heterocycles. The van der Waals surface area contributed by atoms with Crippen molar-refractivity contribution in [3.8, 4) is 67.5 Å². The molecule has 0 aliphatic rings. The van der Waals surface area contributed by atoms with Gasteiger partial charge in [-0.15, -0.1) is 0 Å². The van der Waals surface area contributed by atoms with Crippen LogP contribution in [-0.4, -0.2) is 19.1 Å². The zero-order valence-corrected chi connectivity index (χ0v) is 33.7. The van der Waals surface area contributed by atoms with Gasteiger partial charge in [-0.3, -0.25) is 0 Å². The minimum Gasteiger partial charge on any atom is -0.309 e. The van der Waals surface area contributed by atoms with Gasteiger partial charge in [0.05, 0.1) is 33.5 Å². The van der Waals surface area contributed by atoms with Crippen molar-refractivity contribution >= 4 is 43.6 Å². The van der Waals surface area contributed by atoms with E-state index in [1.807, 2.05) is 12.1 Å². The molecule has 290 valence electrons. The summed E-state index contributed by atoms with van der Waals surface area (Å²) in [5, 5.41) is 4.91. The second kappa shape index (κ2) is 14.7. The van der Waals surface area contributed by atoms with Crippen molar-refractivity contribution in [3.63, 3.8) is 0 Å². The van der Waals surface area contributed by atoms with Gasteiger partial charge in [0.15, 0.2) is 5.82 Å². The van der Waals surface area contributed by atoms with Crippen LogP contribution >= 0.6 is 0 Å². The lowest BCUT2D eigenvalue weighted by Crippen LogP contribution is -1.97. The fourth-order valence-electron chi connectivity index (χ4n) is 9.27. The summed E-state index contributed by atoms with van der Waals surface area (Å²) in [6.45, 7) is 0. The van der Waals surface area contributed by atoms with Crippen LogP contribution in [0.1, 0.15) is 0 Å². The molecule has 0 radical (unpaired) electrons. The molecule has 0 unspecified atom stereocenters. The predicted molar refractivity (Wildman–Crippen MR) is 258 cm³/mol. The third kappa shape index (κ3) is 6.00. The summed E-state index contributed by atoms with van der Waals surface area (Å²) in [6, 6.07) is 82.2. The number of para-hydroxylation sites is 4. The normalized spacial score (nSPS) is 11.5. The van der Waals surface area contributed by atoms with Gasteiger partial charge in [0, 0.05) is 55.2 Å². The first-order valence-electron chi connectivity index (χ1n) is 21.1. The molecule has 0 fully saturated rings. The van der Waals surface area contributed by atoms with Crippen LogP contribution in [0.25, 0.3) is 111 Å². The molecule has 62 heavy (non-hydrogen) atoms. The van der Waals surface area contributed by atoms with Crippen LogP contribution < -0.4 is 0 Å². The van der Waals surface area contributed by atoms with Crippen LogP contribution in [0.15, 0.2) is 231 Å². The van der Waals surface area contributed by atoms with Crippen molar-refractivity contribution in [1.29, 1.82) is 0 Å². The van der Waals surface area contributed by atoms with Crippen molar-refractivity contribution in [2.24, 2.45) is 0 Å². The number of aromatic nitrogens is 4. The Morgan fingerprint density at radius 1 is 0.274 bits per heavy atom. The van der Waals surface area contributed by atoms with Gasteiger partial charge < -0.3 is 9.13 Å². The Balaban J connectivity index is 0.979. The lowest BCUT2D eigenvalue weighted by Gasteiger charge is -2.14. The summed E-state index contributed by atoms with van der Waals surface area (Å²) < 4.78 is 4.83. The molecule has 0 bridgehead atoms. The number of nitrogens with zero attached hydrogens (tertiary/aromatic N) is 4. The Morgan fingerprint density at radius 3 is 1.50 bits per heavy atom. The minimum atomic E-state index is 0.699. The van der Waals surface area contributed by atoms with Crippen molar-refractivity contribution in [2.75, 3.05) is 0 Å². The molecule has 0 atom stereocenters. The van der Waals surface area contributed by atoms with E-state index in [4.69, 9.17) is 9.97 Å². The molecule has 9 aromatic carbocycles. The van der Waals surface area contributed by atoms with E-state index in [2.05, 4.69) is 228 Å². The number of hydrogen-bond donors (Lipinski definition) is 0. The Bertz CT molecular complexity index is 3560. The van der Waals surface area contributed by atoms with Gasteiger partial charge in [-0.05, 0) is 77.4 Å². The Labute approximate surface area is 359 Å². The smallest absolute Gasteiger partial charge is 0.160 e. The quantitative estimate of drug-likeness (QED) is 0.161. The molecule has 0 amide bonds. The number of hydrogen-bond acceptors (Lipinski definition) is 2. The molecule has 0 aliphatic heterocycles. The average molecular weight is 791 g/mol. The van der Waals surface area contributed by atoms with E-state index in [9.17, 15) is 0 Å². The van der Waals surface area contributed by atoms with Crippen LogP contribution in [0.3, 0.4) is 0 Å². The summed E-state index contributed by atoms with van der Waals surface area (Å²) >= 11 is 0. The molecule has 12 rings (SSSR count). The minimum absolute atomic E-state index is 0.699. The van der Waals surface area contributed by atoms with Gasteiger partial charge >= 0.3 is 0 Å². The number of rotatable bonds is 7. The number of benzene rings is 9. The first-order chi connectivity index (χ1) is 30.7. The molecule has 4 nitrogen and oxygen atoms in total. The maximum Gasteiger partial charge on any atom is 0.160 e. The molecule has 0 aliphatic carbocycles. The van der Waals surface area contributed by atoms with E-state index in [0.29, 0.717) is 5.82 Å². The Kier molecular flexibility index (Phi) is 8.46. The van der Waals surface area contributed by atoms with E-state index < -0.39 is 0 Å². The molecule has 3 heterocycles. The van der Waals surface area contributed by atoms with E-state index >= 15 is 0 Å². The van der Waals surface area contributed by atoms with Gasteiger partial charge in [-0.1, -0.05) is 170 Å². The van der Waals surface area contributed by atoms with Crippen LogP contribution in [-0.2, 0) is 0 Å². The van der Waals surface area contributed by atoms with Crippen molar-refractivity contribution in [1.82, 2.24) is 19.1 Å². The fraction of sp³-hybridized carbons (Fsp3) is 0. The third-order valence-electron chi connectivity index (χ3n) is 12.1. The van der Waals surface area contributed by atoms with Crippen molar-refractivity contribution in [3.05, 3.63) is 231 Å². The Morgan fingerprint density at radius 2 is 0.774 bits per heavy atom. The third-order valence-corrected chi connectivity index (χ3v) is 12.1. The molecular weight excluding hydrogens is 753 g/mol. The molecule has 3 aromatic heterocycles. The lowest BCUT2D eigenvalue weighted by molar-refractivity contribution is 1.17. The highest BCUT2D eigenvalue weighted by molar-refractivity contribution is 6.14. The molecular formula is C58H38N4. The van der Waals surface area contributed by atoms with Crippen molar-refractivity contribution in [2.45, 2.75) is 0 Å². The van der Waals surface area contributed by atoms with E-state index in [0.717, 1.165) is 56.1 Å². The van der Waals surface area contributed by atoms with E-state index in [1.165, 1.54) is 49.2 Å². The van der Waals surface area contributed by atoms with E-state index in [-0.39, 0.29) is 0 Å². The lowest BCUT2D eigenvalue weighted by atomic mass is 10.00. The summed E-state index contributed by atoms with van der Waals surface area (Å²) in [4.78, 5) is 10.2. The molecule has 0 spiro atoms. The van der Waals surface area contributed by atoms with Crippen LogP contribution in [0.4, 0.5) is 0 Å². The second-order valence-corrected chi connectivity index (χ2v) is 15.8. The summed E-state index contributed by atoms with van der Waals surface area (Å²) in [5.41, 5.74) is 16.5. The molecule has 12 aromatic rings. The summed E-state index contributed by atoms with van der Waals surface area (Å²) in [7, 11) is 0. The number of fused-ring (bicyclic) bond motifs is 6. The van der Waals surface area contributed by atoms with Gasteiger partial charge in [0.2, 0.25) is 0 Å². The SMILES string of the molecule is c1ccc(-c2cc(-c3ccccc3)nc(-c3cccc(-c4ccc5c(c4)c4ccccc4n5-c4cccc(-c5cccc6c7ccccc7n(-c7ccccc7)c56)c4)c3)n2)cc1. The van der Waals surface area contributed by atoms with Crippen LogP contribution in [0, 0.1) is 0 Å². The highest BCUT2D eigenvalue weighted by Crippen LogP contribution is 2.40. The Hall–Kier alpha value is -8.34. The average Bonchev–Trinajstić information content (AvgIpc) is 3.88. The van der Waals surface area contributed by atoms with Crippen LogP contribution in [0.2, 0.25) is 0 Å². The highest BCUT2D eigenvalue weighted by Gasteiger charge is 2.19. The topological polar surface area (TPSA) is 35.6 Å². The standard InChI is InChI=1S/C58H38N4/c1-4-17-39(18-5-1)52-38-53(40-19-6-2-7-20-40)60-58(59-52)44-23-14-21-41(35-44)42-33-34-56-51(37-42)49-28-11-12-31-54(49)61(56)46-26-15-22-43(36-46)47-29-16-30-50-48-27-10-13-32-55(48)62(57(47)50)45-24-8-3-9-25-45/h1-38H. The second-order valence-electron chi connectivity index (χ2n) is 15.8. The van der Waals surface area contributed by atoms with E-state index in [1.54, 1.807) is 0 Å². The van der Waals surface area contributed by atoms with Gasteiger partial charge in [0.25, 0.3) is 0 Å². The summed E-state index contributed by atoms with van der Waals surface area (Å²) in [6.07, 6.45) is 0. The predicted octanol–water partition coefficient (Wildman–Crippen LogP) is 15.0. The monoisotopic (exact) mass is 790 g/mol. The van der Waals surface area contributed by atoms with Gasteiger partial charge in [-0.25, -0.2) is 9.97 Å². The van der Waals surface area contributed by atoms with Gasteiger partial charge in [-0.2, -0.15) is 0 Å². The fourth-order valence-corrected chi connectivity index (χ4v) is 9.27. The molecule has 0 N–H and O–H groups in total. The molecule has 4 heteroatoms. The summed E-state index contributed by atoms with van der Waals surface area (Å²) in [5.74, 6) is 0.699. The van der Waals surface area contributed by atoms with Crippen molar-refractivity contribution < 1.29 is 0 Å².